The molecule has 1 N–H and O–H groups in total. The van der Waals surface area contributed by atoms with Crippen LogP contribution in [0, 0.1) is 5.92 Å². The van der Waals surface area contributed by atoms with Crippen LogP contribution in [0.4, 0.5) is 10.6 Å². The van der Waals surface area contributed by atoms with Gasteiger partial charge < -0.3 is 15.1 Å². The van der Waals surface area contributed by atoms with E-state index >= 15 is 0 Å². The Morgan fingerprint density at radius 1 is 1.11 bits per heavy atom. The predicted octanol–water partition coefficient (Wildman–Crippen LogP) is 3.72. The SMILES string of the molecule is CN(C)[C@]1(c2ccccc2)CC[C@@]2(CC1)CN(CC(=O)Nc1ccncn1)C(=O)N2CC1CCC1. The maximum atomic E-state index is 13.6. The fourth-order valence-electron chi connectivity index (χ4n) is 6.23. The number of carbonyl (C=O) groups excluding carboxylic acids is 2. The van der Waals surface area contributed by atoms with Crippen molar-refractivity contribution >= 4 is 17.8 Å². The normalized spacial score (nSPS) is 26.9. The van der Waals surface area contributed by atoms with Gasteiger partial charge in [-0.3, -0.25) is 9.69 Å². The molecule has 2 aromatic rings. The molecule has 2 aliphatic carbocycles. The molecule has 1 saturated heterocycles. The van der Waals surface area contributed by atoms with Crippen molar-refractivity contribution in [1.29, 1.82) is 0 Å². The summed E-state index contributed by atoms with van der Waals surface area (Å²) in [6.45, 7) is 1.46. The van der Waals surface area contributed by atoms with Gasteiger partial charge in [0, 0.05) is 24.8 Å². The van der Waals surface area contributed by atoms with Gasteiger partial charge in [0.15, 0.2) is 0 Å². The summed E-state index contributed by atoms with van der Waals surface area (Å²) in [5.74, 6) is 0.815. The molecular weight excluding hydrogens is 440 g/mol. The van der Waals surface area contributed by atoms with Crippen molar-refractivity contribution in [3.8, 4) is 0 Å². The number of rotatable bonds is 7. The minimum atomic E-state index is -0.222. The van der Waals surface area contributed by atoms with Crippen molar-refractivity contribution in [2.75, 3.05) is 39.0 Å². The first kappa shape index (κ1) is 23.7. The first-order valence-electron chi connectivity index (χ1n) is 12.8. The molecule has 0 atom stereocenters. The zero-order valence-electron chi connectivity index (χ0n) is 20.8. The molecule has 2 saturated carbocycles. The molecule has 186 valence electrons. The molecule has 8 nitrogen and oxygen atoms in total. The predicted molar refractivity (Wildman–Crippen MR) is 135 cm³/mol. The maximum Gasteiger partial charge on any atom is 0.321 e. The van der Waals surface area contributed by atoms with Crippen molar-refractivity contribution in [3.63, 3.8) is 0 Å². The molecule has 35 heavy (non-hydrogen) atoms. The van der Waals surface area contributed by atoms with E-state index in [1.54, 1.807) is 17.2 Å². The summed E-state index contributed by atoms with van der Waals surface area (Å²) in [5.41, 5.74) is 1.10. The molecule has 0 radical (unpaired) electrons. The van der Waals surface area contributed by atoms with Crippen molar-refractivity contribution in [2.45, 2.75) is 56.0 Å². The van der Waals surface area contributed by atoms with Gasteiger partial charge in [0.2, 0.25) is 5.91 Å². The number of hydrogen-bond donors (Lipinski definition) is 1. The molecule has 3 aliphatic rings. The average Bonchev–Trinajstić information content (AvgIpc) is 3.08. The summed E-state index contributed by atoms with van der Waals surface area (Å²) in [6, 6.07) is 12.4. The van der Waals surface area contributed by atoms with Crippen LogP contribution < -0.4 is 5.32 Å². The summed E-state index contributed by atoms with van der Waals surface area (Å²) in [7, 11) is 4.33. The highest BCUT2D eigenvalue weighted by molar-refractivity contribution is 5.94. The topological polar surface area (TPSA) is 81.7 Å². The van der Waals surface area contributed by atoms with Gasteiger partial charge in [-0.2, -0.15) is 0 Å². The van der Waals surface area contributed by atoms with Crippen molar-refractivity contribution in [1.82, 2.24) is 24.7 Å². The first-order chi connectivity index (χ1) is 16.9. The molecule has 1 spiro atoms. The van der Waals surface area contributed by atoms with E-state index in [2.05, 4.69) is 69.5 Å². The standard InChI is InChI=1S/C27H36N6O2/c1-31(2)27(22-9-4-3-5-10-22)14-12-26(13-15-27)19-32(25(35)33(26)17-21-7-6-8-21)18-24(34)30-23-11-16-28-20-29-23/h3-5,9-11,16,20-21H,6-8,12-15,17-19H2,1-2H3,(H,28,29,30,34)/t26-,27-. The van der Waals surface area contributed by atoms with E-state index in [1.807, 2.05) is 0 Å². The Kier molecular flexibility index (Phi) is 6.49. The van der Waals surface area contributed by atoms with E-state index in [0.29, 0.717) is 18.3 Å². The van der Waals surface area contributed by atoms with Gasteiger partial charge in [-0.25, -0.2) is 14.8 Å². The number of urea groups is 1. The fourth-order valence-corrected chi connectivity index (χ4v) is 6.23. The average molecular weight is 477 g/mol. The lowest BCUT2D eigenvalue weighted by Crippen LogP contribution is -2.56. The van der Waals surface area contributed by atoms with Crippen LogP contribution in [0.2, 0.25) is 0 Å². The molecule has 5 rings (SSSR count). The molecule has 3 fully saturated rings. The zero-order chi connectivity index (χ0) is 24.5. The molecule has 3 amide bonds. The second-order valence-electron chi connectivity index (χ2n) is 10.7. The Hall–Kier alpha value is -3.00. The van der Waals surface area contributed by atoms with Crippen LogP contribution in [0.15, 0.2) is 48.9 Å². The van der Waals surface area contributed by atoms with Crippen molar-refractivity contribution in [2.24, 2.45) is 5.92 Å². The van der Waals surface area contributed by atoms with E-state index in [4.69, 9.17) is 0 Å². The lowest BCUT2D eigenvalue weighted by atomic mass is 9.68. The molecule has 2 heterocycles. The smallest absolute Gasteiger partial charge is 0.317 e. The number of aromatic nitrogens is 2. The van der Waals surface area contributed by atoms with Crippen LogP contribution >= 0.6 is 0 Å². The van der Waals surface area contributed by atoms with E-state index in [-0.39, 0.29) is 29.6 Å². The molecule has 1 aliphatic heterocycles. The number of carbonyl (C=O) groups is 2. The van der Waals surface area contributed by atoms with E-state index in [0.717, 1.165) is 32.2 Å². The highest BCUT2D eigenvalue weighted by Crippen LogP contribution is 2.49. The van der Waals surface area contributed by atoms with Crippen LogP contribution in [-0.4, -0.2) is 75.9 Å². The Bertz CT molecular complexity index is 1030. The first-order valence-corrected chi connectivity index (χ1v) is 12.8. The zero-order valence-corrected chi connectivity index (χ0v) is 20.8. The quantitative estimate of drug-likeness (QED) is 0.659. The Balaban J connectivity index is 1.34. The lowest BCUT2D eigenvalue weighted by molar-refractivity contribution is -0.116. The Morgan fingerprint density at radius 2 is 1.86 bits per heavy atom. The molecule has 1 aromatic heterocycles. The lowest BCUT2D eigenvalue weighted by Gasteiger charge is -2.51. The monoisotopic (exact) mass is 476 g/mol. The van der Waals surface area contributed by atoms with Crippen LogP contribution in [0.25, 0.3) is 0 Å². The van der Waals surface area contributed by atoms with Gasteiger partial charge in [-0.15, -0.1) is 0 Å². The van der Waals surface area contributed by atoms with Gasteiger partial charge >= 0.3 is 6.03 Å². The molecule has 0 bridgehead atoms. The summed E-state index contributed by atoms with van der Waals surface area (Å²) in [5, 5.41) is 2.80. The number of benzene rings is 1. The summed E-state index contributed by atoms with van der Waals surface area (Å²) in [6.07, 6.45) is 10.5. The van der Waals surface area contributed by atoms with Gasteiger partial charge in [0.05, 0.1) is 5.54 Å². The van der Waals surface area contributed by atoms with Crippen LogP contribution in [-0.2, 0) is 10.3 Å². The molecule has 0 unspecified atom stereocenters. The number of anilines is 1. The number of nitrogens with one attached hydrogen (secondary N) is 1. The minimum Gasteiger partial charge on any atom is -0.317 e. The number of hydrogen-bond acceptors (Lipinski definition) is 5. The van der Waals surface area contributed by atoms with Gasteiger partial charge in [-0.05, 0) is 70.2 Å². The highest BCUT2D eigenvalue weighted by atomic mass is 16.2. The second kappa shape index (κ2) is 9.57. The minimum absolute atomic E-state index is 0.00630. The Labute approximate surface area is 207 Å². The van der Waals surface area contributed by atoms with Gasteiger partial charge in [0.1, 0.15) is 18.7 Å². The second-order valence-corrected chi connectivity index (χ2v) is 10.7. The van der Waals surface area contributed by atoms with E-state index in [1.165, 1.54) is 31.2 Å². The largest absolute Gasteiger partial charge is 0.321 e. The van der Waals surface area contributed by atoms with Crippen LogP contribution in [0.1, 0.15) is 50.5 Å². The summed E-state index contributed by atoms with van der Waals surface area (Å²) in [4.78, 5) is 40.6. The molecular formula is C27H36N6O2. The van der Waals surface area contributed by atoms with Crippen molar-refractivity contribution in [3.05, 3.63) is 54.5 Å². The van der Waals surface area contributed by atoms with Crippen molar-refractivity contribution < 1.29 is 9.59 Å². The fraction of sp³-hybridized carbons (Fsp3) is 0.556. The van der Waals surface area contributed by atoms with E-state index < -0.39 is 0 Å². The third kappa shape index (κ3) is 4.51. The summed E-state index contributed by atoms with van der Waals surface area (Å²) < 4.78 is 0. The van der Waals surface area contributed by atoms with Crippen LogP contribution in [0.3, 0.4) is 0 Å². The summed E-state index contributed by atoms with van der Waals surface area (Å²) >= 11 is 0. The molecule has 1 aromatic carbocycles. The third-order valence-electron chi connectivity index (χ3n) is 8.58. The van der Waals surface area contributed by atoms with Gasteiger partial charge in [-0.1, -0.05) is 36.8 Å². The molecule has 8 heteroatoms. The van der Waals surface area contributed by atoms with E-state index in [9.17, 15) is 9.59 Å². The number of amides is 3. The van der Waals surface area contributed by atoms with Crippen LogP contribution in [0.5, 0.6) is 0 Å². The highest BCUT2D eigenvalue weighted by Gasteiger charge is 2.55. The maximum absolute atomic E-state index is 13.6. The number of nitrogens with zero attached hydrogens (tertiary/aromatic N) is 5. The third-order valence-corrected chi connectivity index (χ3v) is 8.58. The van der Waals surface area contributed by atoms with Gasteiger partial charge in [0.25, 0.3) is 0 Å². The Morgan fingerprint density at radius 3 is 2.46 bits per heavy atom.